The maximum Gasteiger partial charge on any atom is 0.435 e. The van der Waals surface area contributed by atoms with E-state index in [-0.39, 0.29) is 12.2 Å². The van der Waals surface area contributed by atoms with Crippen LogP contribution in [-0.2, 0) is 17.5 Å². The molecule has 2 amide bonds. The van der Waals surface area contributed by atoms with E-state index in [1.165, 1.54) is 19.2 Å². The fraction of sp³-hybridized carbons (Fsp3) is 0.158. The highest BCUT2D eigenvalue weighted by molar-refractivity contribution is 5.93. The number of methoxy groups -OCH3 is 1. The number of carbonyl (C=O) groups excluding carboxylic acids is 2. The summed E-state index contributed by atoms with van der Waals surface area (Å²) in [6.07, 6.45) is -5.60. The lowest BCUT2D eigenvalue weighted by Crippen LogP contribution is -2.27. The van der Waals surface area contributed by atoms with Gasteiger partial charge in [-0.1, -0.05) is 17.3 Å². The largest absolute Gasteiger partial charge is 0.453 e. The first-order chi connectivity index (χ1) is 14.7. The summed E-state index contributed by atoms with van der Waals surface area (Å²) in [7, 11) is 1.21. The molecule has 8 nitrogen and oxygen atoms in total. The Morgan fingerprint density at radius 1 is 1.06 bits per heavy atom. The van der Waals surface area contributed by atoms with Crippen molar-refractivity contribution in [2.45, 2.75) is 12.7 Å². The third-order valence-electron chi connectivity index (χ3n) is 4.06. The minimum absolute atomic E-state index is 0.0992. The van der Waals surface area contributed by atoms with E-state index in [2.05, 4.69) is 25.7 Å². The number of rotatable bonds is 5. The number of nitrogens with zero attached hydrogens (tertiary/aromatic N) is 3. The van der Waals surface area contributed by atoms with Crippen molar-refractivity contribution in [3.63, 3.8) is 0 Å². The predicted octanol–water partition coefficient (Wildman–Crippen LogP) is 3.53. The zero-order chi connectivity index (χ0) is 22.6. The van der Waals surface area contributed by atoms with E-state index in [1.54, 1.807) is 12.1 Å². The van der Waals surface area contributed by atoms with E-state index in [0.717, 1.165) is 24.3 Å². The quantitative estimate of drug-likeness (QED) is 0.595. The zero-order valence-electron chi connectivity index (χ0n) is 15.9. The Hall–Kier alpha value is -3.96. The van der Waals surface area contributed by atoms with Crippen molar-refractivity contribution < 1.29 is 31.9 Å². The lowest BCUT2D eigenvalue weighted by Gasteiger charge is -2.11. The molecule has 12 heteroatoms. The number of hydrogen-bond acceptors (Lipinski definition) is 5. The number of ether oxygens (including phenoxy) is 1. The molecule has 0 fully saturated rings. The van der Waals surface area contributed by atoms with Crippen LogP contribution in [0.5, 0.6) is 0 Å². The van der Waals surface area contributed by atoms with Gasteiger partial charge in [-0.3, -0.25) is 10.1 Å². The average Bonchev–Trinajstić information content (AvgIpc) is 3.19. The lowest BCUT2D eigenvalue weighted by atomic mass is 10.2. The monoisotopic (exact) mass is 437 g/mol. The SMILES string of the molecule is COC(=O)Nc1ccc(CNC(=O)c2nnn(-c3ccc(F)cc3)c2C(F)(F)F)cc1. The molecule has 3 aromatic rings. The van der Waals surface area contributed by atoms with Crippen molar-refractivity contribution in [1.29, 1.82) is 0 Å². The summed E-state index contributed by atoms with van der Waals surface area (Å²) >= 11 is 0. The summed E-state index contributed by atoms with van der Waals surface area (Å²) < 4.78 is 58.8. The number of aromatic nitrogens is 3. The van der Waals surface area contributed by atoms with Crippen molar-refractivity contribution in [1.82, 2.24) is 20.3 Å². The maximum atomic E-state index is 13.6. The molecule has 0 radical (unpaired) electrons. The van der Waals surface area contributed by atoms with Gasteiger partial charge in [0, 0.05) is 12.2 Å². The van der Waals surface area contributed by atoms with E-state index in [1.807, 2.05) is 0 Å². The molecule has 0 aliphatic carbocycles. The molecule has 0 unspecified atom stereocenters. The molecule has 1 aromatic heterocycles. The number of benzene rings is 2. The normalized spacial score (nSPS) is 11.1. The average molecular weight is 437 g/mol. The van der Waals surface area contributed by atoms with E-state index in [0.29, 0.717) is 15.9 Å². The van der Waals surface area contributed by atoms with Gasteiger partial charge in [0.25, 0.3) is 5.91 Å². The lowest BCUT2D eigenvalue weighted by molar-refractivity contribution is -0.143. The van der Waals surface area contributed by atoms with Crippen LogP contribution in [0.25, 0.3) is 5.69 Å². The van der Waals surface area contributed by atoms with Crippen LogP contribution in [0.3, 0.4) is 0 Å². The van der Waals surface area contributed by atoms with Crippen LogP contribution >= 0.6 is 0 Å². The highest BCUT2D eigenvalue weighted by Gasteiger charge is 2.42. The standard InChI is InChI=1S/C19H15F4N5O3/c1-31-18(30)25-13-6-2-11(3-7-13)10-24-17(29)15-16(19(21,22)23)28(27-26-15)14-8-4-12(20)5-9-14/h2-9H,10H2,1H3,(H,24,29)(H,25,30). The Bertz CT molecular complexity index is 1080. The summed E-state index contributed by atoms with van der Waals surface area (Å²) in [5.41, 5.74) is -1.41. The highest BCUT2D eigenvalue weighted by Crippen LogP contribution is 2.32. The van der Waals surface area contributed by atoms with E-state index in [9.17, 15) is 27.2 Å². The fourth-order valence-corrected chi connectivity index (χ4v) is 2.59. The topological polar surface area (TPSA) is 98.1 Å². The minimum atomic E-state index is -4.94. The van der Waals surface area contributed by atoms with Crippen LogP contribution in [0.1, 0.15) is 21.7 Å². The zero-order valence-corrected chi connectivity index (χ0v) is 15.9. The van der Waals surface area contributed by atoms with Gasteiger partial charge in [-0.05, 0) is 42.0 Å². The Kier molecular flexibility index (Phi) is 6.18. The van der Waals surface area contributed by atoms with Crippen molar-refractivity contribution in [2.75, 3.05) is 12.4 Å². The molecule has 1 heterocycles. The molecule has 0 spiro atoms. The Morgan fingerprint density at radius 2 is 1.71 bits per heavy atom. The van der Waals surface area contributed by atoms with Crippen molar-refractivity contribution >= 4 is 17.7 Å². The number of amides is 2. The van der Waals surface area contributed by atoms with Crippen LogP contribution in [-0.4, -0.2) is 34.1 Å². The second-order valence-corrected chi connectivity index (χ2v) is 6.17. The molecule has 162 valence electrons. The van der Waals surface area contributed by atoms with Gasteiger partial charge in [0.2, 0.25) is 0 Å². The van der Waals surface area contributed by atoms with Crippen LogP contribution in [0.2, 0.25) is 0 Å². The Labute approximate surface area is 172 Å². The minimum Gasteiger partial charge on any atom is -0.453 e. The second-order valence-electron chi connectivity index (χ2n) is 6.17. The summed E-state index contributed by atoms with van der Waals surface area (Å²) in [6.45, 7) is -0.0992. The van der Waals surface area contributed by atoms with Crippen LogP contribution in [0.15, 0.2) is 48.5 Å². The molecular formula is C19H15F4N5O3. The van der Waals surface area contributed by atoms with Gasteiger partial charge in [0.15, 0.2) is 11.4 Å². The van der Waals surface area contributed by atoms with Crippen LogP contribution in [0.4, 0.5) is 28.0 Å². The smallest absolute Gasteiger partial charge is 0.435 e. The summed E-state index contributed by atoms with van der Waals surface area (Å²) in [6, 6.07) is 10.3. The highest BCUT2D eigenvalue weighted by atomic mass is 19.4. The van der Waals surface area contributed by atoms with Gasteiger partial charge < -0.3 is 10.1 Å². The molecule has 0 aliphatic heterocycles. The number of carbonyl (C=O) groups is 2. The van der Waals surface area contributed by atoms with Crippen molar-refractivity contribution in [3.05, 3.63) is 71.3 Å². The van der Waals surface area contributed by atoms with Gasteiger partial charge in [-0.15, -0.1) is 5.10 Å². The first-order valence-corrected chi connectivity index (χ1v) is 8.70. The van der Waals surface area contributed by atoms with Crippen molar-refractivity contribution in [2.24, 2.45) is 0 Å². The second kappa shape index (κ2) is 8.81. The van der Waals surface area contributed by atoms with E-state index < -0.39 is 35.4 Å². The number of alkyl halides is 3. The molecule has 2 aromatic carbocycles. The van der Waals surface area contributed by atoms with Crippen molar-refractivity contribution in [3.8, 4) is 5.69 Å². The number of anilines is 1. The third kappa shape index (κ3) is 5.15. The number of halogens is 4. The van der Waals surface area contributed by atoms with Crippen LogP contribution in [0, 0.1) is 5.82 Å². The van der Waals surface area contributed by atoms with Gasteiger partial charge in [-0.25, -0.2) is 13.9 Å². The van der Waals surface area contributed by atoms with Gasteiger partial charge in [0.1, 0.15) is 5.82 Å². The van der Waals surface area contributed by atoms with E-state index in [4.69, 9.17) is 0 Å². The molecule has 2 N–H and O–H groups in total. The number of nitrogens with one attached hydrogen (secondary N) is 2. The maximum absolute atomic E-state index is 13.6. The fourth-order valence-electron chi connectivity index (χ4n) is 2.59. The van der Waals surface area contributed by atoms with E-state index >= 15 is 0 Å². The molecule has 3 rings (SSSR count). The molecule has 0 saturated heterocycles. The molecule has 0 aliphatic rings. The Balaban J connectivity index is 1.77. The Morgan fingerprint density at radius 3 is 2.29 bits per heavy atom. The summed E-state index contributed by atoms with van der Waals surface area (Å²) in [5, 5.41) is 11.6. The summed E-state index contributed by atoms with van der Waals surface area (Å²) in [5.74, 6) is -1.72. The first kappa shape index (κ1) is 21.7. The van der Waals surface area contributed by atoms with Crippen LogP contribution < -0.4 is 10.6 Å². The number of hydrogen-bond donors (Lipinski definition) is 2. The molecule has 0 bridgehead atoms. The summed E-state index contributed by atoms with van der Waals surface area (Å²) in [4.78, 5) is 23.5. The predicted molar refractivity (Wildman–Crippen MR) is 100.0 cm³/mol. The first-order valence-electron chi connectivity index (χ1n) is 8.70. The third-order valence-corrected chi connectivity index (χ3v) is 4.06. The molecule has 0 saturated carbocycles. The van der Waals surface area contributed by atoms with Gasteiger partial charge >= 0.3 is 12.3 Å². The molecular weight excluding hydrogens is 422 g/mol. The molecule has 31 heavy (non-hydrogen) atoms. The van der Waals surface area contributed by atoms with Gasteiger partial charge in [0.05, 0.1) is 12.8 Å². The van der Waals surface area contributed by atoms with Gasteiger partial charge in [-0.2, -0.15) is 13.2 Å². The molecule has 0 atom stereocenters.